The maximum absolute atomic E-state index is 17.9. The van der Waals surface area contributed by atoms with Crippen molar-refractivity contribution in [3.63, 3.8) is 0 Å². The van der Waals surface area contributed by atoms with Crippen molar-refractivity contribution in [1.29, 1.82) is 0 Å². The molecule has 66 heavy (non-hydrogen) atoms. The van der Waals surface area contributed by atoms with Crippen molar-refractivity contribution in [2.75, 3.05) is 18.5 Å². The van der Waals surface area contributed by atoms with Crippen molar-refractivity contribution in [2.45, 2.75) is 114 Å². The van der Waals surface area contributed by atoms with E-state index in [2.05, 4.69) is 22.5 Å². The minimum absolute atomic E-state index is 0.133. The Morgan fingerprint density at radius 3 is 2.29 bits per heavy atom. The van der Waals surface area contributed by atoms with Gasteiger partial charge in [0.1, 0.15) is 24.9 Å². The first-order valence-corrected chi connectivity index (χ1v) is 22.4. The summed E-state index contributed by atoms with van der Waals surface area (Å²) in [5, 5.41) is 30.2. The van der Waals surface area contributed by atoms with Gasteiger partial charge >= 0.3 is 0 Å². The molecule has 0 spiro atoms. The molecule has 2 aromatic carbocycles. The Balaban J connectivity index is 0.903. The van der Waals surface area contributed by atoms with Gasteiger partial charge in [0, 0.05) is 59.0 Å². The van der Waals surface area contributed by atoms with Crippen molar-refractivity contribution >= 4 is 41.0 Å². The number of alkyl halides is 2. The third-order valence-corrected chi connectivity index (χ3v) is 15.4. The average Bonchev–Trinajstić information content (AvgIpc) is 3.91. The van der Waals surface area contributed by atoms with Crippen LogP contribution in [0, 0.1) is 22.7 Å². The largest absolute Gasteiger partial charge is 0.390 e. The number of Topliss-reactive ketones (excluding diaryl/α,β-unsaturated/α-hetero) is 1. The van der Waals surface area contributed by atoms with Crippen LogP contribution in [-0.4, -0.2) is 105 Å². The van der Waals surface area contributed by atoms with Crippen molar-refractivity contribution in [2.24, 2.45) is 22.7 Å². The molecule has 0 radical (unpaired) electrons. The highest BCUT2D eigenvalue weighted by atomic mass is 19.1. The van der Waals surface area contributed by atoms with Crippen molar-refractivity contribution in [3.05, 3.63) is 113 Å². The predicted molar refractivity (Wildman–Crippen MR) is 236 cm³/mol. The molecule has 6 aliphatic rings. The number of halogens is 2. The van der Waals surface area contributed by atoms with Crippen LogP contribution >= 0.6 is 0 Å². The first kappa shape index (κ1) is 46.8. The first-order valence-electron chi connectivity index (χ1n) is 22.4. The summed E-state index contributed by atoms with van der Waals surface area (Å²) in [5.74, 6) is -5.09. The smallest absolute Gasteiger partial charge is 0.253 e. The highest BCUT2D eigenvalue weighted by Crippen LogP contribution is 2.72. The Morgan fingerprint density at radius 1 is 0.924 bits per heavy atom. The number of anilines is 1. The molecular formula is C50H56F2N4O10. The maximum Gasteiger partial charge on any atom is 0.253 e. The number of nitrogens with zero attached hydrogens (tertiary/aromatic N) is 1. The minimum atomic E-state index is -2.25. The normalized spacial score (nSPS) is 34.3. The molecule has 0 unspecified atom stereocenters. The minimum Gasteiger partial charge on any atom is -0.390 e. The number of hydrogen-bond acceptors (Lipinski definition) is 10. The van der Waals surface area contributed by atoms with Gasteiger partial charge in [0.2, 0.25) is 17.7 Å². The molecule has 0 bridgehead atoms. The number of fused-ring (bicyclic) bond motifs is 7. The third kappa shape index (κ3) is 7.46. The standard InChI is InChI=1S/C50H56F2N4O10/c1-26-16-18-47(5)36(20-26)37(51)22-35-34-23-40-50(39(59)25-57,48(34,6)24-38(58)49(35,47)52)66-46(65-40)31-12-10-30(11-13-31)27(2)32-8-7-9-33(21-32)55-45(64)29(4)54-44(63)28(3)53-41(60)17-19-56-42(61)14-15-43(56)62/h7-16,18,20-21,27-29,34-35,37-38,40,46,57-58H,1,17,19,22-25H2,2-6H3,(H,53,60)(H,54,63)(H,55,64)/t27-,28-,29-,34-,35-,37-,38-,40+,46+,47-,48-,49-,50+/m0/s1. The van der Waals surface area contributed by atoms with E-state index in [0.717, 1.165) is 28.2 Å². The van der Waals surface area contributed by atoms with Crippen LogP contribution in [-0.2, 0) is 38.2 Å². The fourth-order valence-corrected chi connectivity index (χ4v) is 11.7. The Labute approximate surface area is 381 Å². The van der Waals surface area contributed by atoms with Crippen molar-refractivity contribution in [1.82, 2.24) is 15.5 Å². The van der Waals surface area contributed by atoms with E-state index in [0.29, 0.717) is 16.8 Å². The molecule has 2 aliphatic heterocycles. The summed E-state index contributed by atoms with van der Waals surface area (Å²) in [6, 6.07) is 12.6. The quantitative estimate of drug-likeness (QED) is 0.175. The predicted octanol–water partition coefficient (Wildman–Crippen LogP) is 4.73. The number of ketones is 1. The van der Waals surface area contributed by atoms with Crippen molar-refractivity contribution in [3.8, 4) is 0 Å². The van der Waals surface area contributed by atoms with Crippen molar-refractivity contribution < 1.29 is 57.2 Å². The number of carbonyl (C=O) groups excluding carboxylic acids is 6. The number of hydrogen-bond donors (Lipinski definition) is 5. The van der Waals surface area contributed by atoms with E-state index in [1.165, 1.54) is 13.8 Å². The Kier molecular flexibility index (Phi) is 12.2. The zero-order chi connectivity index (χ0) is 47.7. The SMILES string of the molecule is C=C1C=C[C@@]2(C)C(=C1)[C@@H](F)C[C@H]1[C@@H]3C[C@H]4O[C@@H](c5ccc([C@H](C)c6cccc(NC(=O)[C@H](C)NC(=O)[C@H](C)NC(=O)CCN7C(=O)C=CC7=O)c6)cc5)O[C@@]4(C(=O)CO)[C@@]3(C)C[C@H](O)[C@@]12F. The molecule has 14 nitrogen and oxygen atoms in total. The summed E-state index contributed by atoms with van der Waals surface area (Å²) < 4.78 is 47.1. The molecule has 16 heteroatoms. The van der Waals surface area contributed by atoms with Crippen LogP contribution in [0.25, 0.3) is 0 Å². The Bertz CT molecular complexity index is 2460. The first-order chi connectivity index (χ1) is 31.2. The summed E-state index contributed by atoms with van der Waals surface area (Å²) in [6.07, 6.45) is 1.66. The number of rotatable bonds is 13. The molecule has 0 aromatic heterocycles. The summed E-state index contributed by atoms with van der Waals surface area (Å²) in [7, 11) is 0. The topological polar surface area (TPSA) is 201 Å². The fraction of sp³-hybridized carbons (Fsp3) is 0.480. The molecule has 350 valence electrons. The second-order valence-electron chi connectivity index (χ2n) is 19.1. The molecule has 1 saturated heterocycles. The zero-order valence-corrected chi connectivity index (χ0v) is 37.5. The molecule has 4 fully saturated rings. The molecule has 2 aromatic rings. The van der Waals surface area contributed by atoms with Gasteiger partial charge in [0.25, 0.3) is 11.8 Å². The molecule has 13 atom stereocenters. The second kappa shape index (κ2) is 17.2. The molecular weight excluding hydrogens is 855 g/mol. The summed E-state index contributed by atoms with van der Waals surface area (Å²) in [5.41, 5.74) is -3.00. The highest BCUT2D eigenvalue weighted by molar-refractivity contribution is 6.13. The van der Waals surface area contributed by atoms with Gasteiger partial charge in [-0.05, 0) is 80.4 Å². The fourth-order valence-electron chi connectivity index (χ4n) is 11.7. The lowest BCUT2D eigenvalue weighted by Gasteiger charge is -2.63. The van der Waals surface area contributed by atoms with E-state index in [1.54, 1.807) is 44.2 Å². The lowest BCUT2D eigenvalue weighted by Crippen LogP contribution is -2.70. The van der Waals surface area contributed by atoms with Crippen LogP contribution in [0.4, 0.5) is 14.5 Å². The van der Waals surface area contributed by atoms with Crippen LogP contribution in [0.1, 0.15) is 89.2 Å². The molecule has 3 saturated carbocycles. The summed E-state index contributed by atoms with van der Waals surface area (Å²) in [4.78, 5) is 76.7. The van der Waals surface area contributed by atoms with Gasteiger partial charge in [-0.15, -0.1) is 0 Å². The zero-order valence-electron chi connectivity index (χ0n) is 37.5. The lowest BCUT2D eigenvalue weighted by atomic mass is 9.44. The number of imide groups is 1. The Morgan fingerprint density at radius 2 is 1.61 bits per heavy atom. The van der Waals surface area contributed by atoms with Gasteiger partial charge in [0.15, 0.2) is 23.3 Å². The second-order valence-corrected chi connectivity index (χ2v) is 19.1. The number of allylic oxidation sites excluding steroid dienone is 5. The highest BCUT2D eigenvalue weighted by Gasteiger charge is 2.80. The van der Waals surface area contributed by atoms with E-state index in [1.807, 2.05) is 43.3 Å². The number of amides is 5. The van der Waals surface area contributed by atoms with E-state index < -0.39 is 113 Å². The maximum atomic E-state index is 17.9. The van der Waals surface area contributed by atoms with Gasteiger partial charge in [-0.1, -0.05) is 75.1 Å². The third-order valence-electron chi connectivity index (χ3n) is 15.4. The van der Waals surface area contributed by atoms with Crippen LogP contribution < -0.4 is 16.0 Å². The number of nitrogens with one attached hydrogen (secondary N) is 3. The summed E-state index contributed by atoms with van der Waals surface area (Å²) in [6.45, 7) is 11.2. The molecule has 2 heterocycles. The van der Waals surface area contributed by atoms with Gasteiger partial charge in [-0.2, -0.15) is 0 Å². The lowest BCUT2D eigenvalue weighted by molar-refractivity contribution is -0.235. The Hall–Kier alpha value is -5.68. The monoisotopic (exact) mass is 910 g/mol. The van der Waals surface area contributed by atoms with E-state index in [-0.39, 0.29) is 43.7 Å². The molecule has 8 rings (SSSR count). The van der Waals surface area contributed by atoms with Gasteiger partial charge in [-0.25, -0.2) is 8.78 Å². The number of aliphatic hydroxyl groups excluding tert-OH is 2. The molecule has 5 N–H and O–H groups in total. The van der Waals surface area contributed by atoms with Gasteiger partial charge in [0.05, 0.1) is 12.2 Å². The number of carbonyl (C=O) groups is 6. The number of aliphatic hydroxyl groups is 2. The average molecular weight is 911 g/mol. The van der Waals surface area contributed by atoms with Gasteiger partial charge < -0.3 is 35.6 Å². The van der Waals surface area contributed by atoms with Crippen LogP contribution in [0.2, 0.25) is 0 Å². The van der Waals surface area contributed by atoms with Crippen LogP contribution in [0.3, 0.4) is 0 Å². The molecule has 5 amide bonds. The summed E-state index contributed by atoms with van der Waals surface area (Å²) >= 11 is 0. The van der Waals surface area contributed by atoms with E-state index in [4.69, 9.17) is 9.47 Å². The molecule has 4 aliphatic carbocycles. The van der Waals surface area contributed by atoms with E-state index >= 15 is 8.78 Å². The van der Waals surface area contributed by atoms with E-state index in [9.17, 15) is 39.0 Å². The number of benzene rings is 2. The van der Waals surface area contributed by atoms with Crippen LogP contribution in [0.15, 0.2) is 96.6 Å². The number of ether oxygens (including phenoxy) is 2. The van der Waals surface area contributed by atoms with Gasteiger partial charge in [-0.3, -0.25) is 33.7 Å². The van der Waals surface area contributed by atoms with Crippen LogP contribution in [0.5, 0.6) is 0 Å².